The van der Waals surface area contributed by atoms with E-state index in [0.29, 0.717) is 6.42 Å². The first-order valence-electron chi connectivity index (χ1n) is 10.2. The Kier molecular flexibility index (Phi) is 6.54. The number of nitrogens with zero attached hydrogens (tertiary/aromatic N) is 1. The fourth-order valence-electron chi connectivity index (χ4n) is 3.74. The molecule has 3 rings (SSSR count). The SMILES string of the molecule is Cc1ccc(CCC(=O)N[C@@H](C)c2ccc(N3CCCCC3)cc2)cc1C. The monoisotopic (exact) mass is 364 g/mol. The summed E-state index contributed by atoms with van der Waals surface area (Å²) in [6.45, 7) is 8.61. The van der Waals surface area contributed by atoms with E-state index in [1.54, 1.807) is 0 Å². The highest BCUT2D eigenvalue weighted by atomic mass is 16.1. The number of benzene rings is 2. The van der Waals surface area contributed by atoms with Gasteiger partial charge in [0.05, 0.1) is 6.04 Å². The van der Waals surface area contributed by atoms with Crippen molar-refractivity contribution in [2.45, 2.75) is 58.9 Å². The van der Waals surface area contributed by atoms with E-state index >= 15 is 0 Å². The van der Waals surface area contributed by atoms with Crippen LogP contribution in [0.2, 0.25) is 0 Å². The Bertz CT molecular complexity index is 760. The van der Waals surface area contributed by atoms with Crippen LogP contribution in [0.1, 0.15) is 60.9 Å². The number of rotatable bonds is 6. The van der Waals surface area contributed by atoms with Crippen molar-refractivity contribution in [1.82, 2.24) is 5.32 Å². The van der Waals surface area contributed by atoms with Crippen molar-refractivity contribution in [1.29, 1.82) is 0 Å². The molecule has 1 aliphatic rings. The molecular weight excluding hydrogens is 332 g/mol. The van der Waals surface area contributed by atoms with Gasteiger partial charge in [-0.2, -0.15) is 0 Å². The van der Waals surface area contributed by atoms with Crippen molar-refractivity contribution >= 4 is 11.6 Å². The van der Waals surface area contributed by atoms with Gasteiger partial charge in [0.25, 0.3) is 0 Å². The molecule has 2 aromatic rings. The summed E-state index contributed by atoms with van der Waals surface area (Å²) in [5, 5.41) is 3.14. The molecule has 0 radical (unpaired) electrons. The molecule has 0 saturated carbocycles. The first-order valence-corrected chi connectivity index (χ1v) is 10.2. The molecule has 0 aromatic heterocycles. The first-order chi connectivity index (χ1) is 13.0. The van der Waals surface area contributed by atoms with E-state index in [4.69, 9.17) is 0 Å². The van der Waals surface area contributed by atoms with E-state index in [2.05, 4.69) is 73.5 Å². The minimum atomic E-state index is 0.0349. The van der Waals surface area contributed by atoms with Crippen molar-refractivity contribution in [2.24, 2.45) is 0 Å². The molecule has 0 bridgehead atoms. The molecule has 1 amide bonds. The van der Waals surface area contributed by atoms with E-state index in [1.165, 1.54) is 41.6 Å². The van der Waals surface area contributed by atoms with Gasteiger partial charge in [-0.15, -0.1) is 0 Å². The quantitative estimate of drug-likeness (QED) is 0.773. The predicted molar refractivity (Wildman–Crippen MR) is 113 cm³/mol. The zero-order valence-electron chi connectivity index (χ0n) is 16.9. The van der Waals surface area contributed by atoms with Crippen LogP contribution in [0.5, 0.6) is 0 Å². The van der Waals surface area contributed by atoms with Crippen LogP contribution in [0.3, 0.4) is 0 Å². The van der Waals surface area contributed by atoms with Crippen LogP contribution >= 0.6 is 0 Å². The molecule has 0 aliphatic carbocycles. The highest BCUT2D eigenvalue weighted by Crippen LogP contribution is 2.22. The third kappa shape index (κ3) is 5.35. The smallest absolute Gasteiger partial charge is 0.220 e. The number of carbonyl (C=O) groups excluding carboxylic acids is 1. The number of aryl methyl sites for hydroxylation is 3. The fourth-order valence-corrected chi connectivity index (χ4v) is 3.74. The third-order valence-corrected chi connectivity index (χ3v) is 5.70. The summed E-state index contributed by atoms with van der Waals surface area (Å²) in [5.74, 6) is 0.112. The zero-order valence-corrected chi connectivity index (χ0v) is 16.9. The fraction of sp³-hybridized carbons (Fsp3) is 0.458. The first kappa shape index (κ1) is 19.5. The standard InChI is InChI=1S/C24H32N2O/c1-18-7-8-21(17-19(18)2)9-14-24(27)25-20(3)22-10-12-23(13-11-22)26-15-5-4-6-16-26/h7-8,10-13,17,20H,4-6,9,14-16H2,1-3H3,(H,25,27)/t20-/m0/s1. The molecule has 1 heterocycles. The summed E-state index contributed by atoms with van der Waals surface area (Å²) in [7, 11) is 0. The lowest BCUT2D eigenvalue weighted by atomic mass is 10.0. The summed E-state index contributed by atoms with van der Waals surface area (Å²) < 4.78 is 0. The van der Waals surface area contributed by atoms with Gasteiger partial charge in [-0.05, 0) is 80.8 Å². The number of amides is 1. The Hall–Kier alpha value is -2.29. The lowest BCUT2D eigenvalue weighted by molar-refractivity contribution is -0.121. The second-order valence-corrected chi connectivity index (χ2v) is 7.85. The summed E-state index contributed by atoms with van der Waals surface area (Å²) in [5.41, 5.74) is 6.27. The van der Waals surface area contributed by atoms with Gasteiger partial charge in [0.2, 0.25) is 5.91 Å². The van der Waals surface area contributed by atoms with Crippen LogP contribution in [0.4, 0.5) is 5.69 Å². The Morgan fingerprint density at radius 2 is 1.70 bits per heavy atom. The van der Waals surface area contributed by atoms with Crippen LogP contribution in [0.15, 0.2) is 42.5 Å². The molecule has 1 N–H and O–H groups in total. The van der Waals surface area contributed by atoms with Crippen LogP contribution in [-0.2, 0) is 11.2 Å². The molecule has 3 nitrogen and oxygen atoms in total. The second kappa shape index (κ2) is 9.07. The highest BCUT2D eigenvalue weighted by molar-refractivity contribution is 5.76. The highest BCUT2D eigenvalue weighted by Gasteiger charge is 2.13. The van der Waals surface area contributed by atoms with Gasteiger partial charge < -0.3 is 10.2 Å². The average molecular weight is 365 g/mol. The van der Waals surface area contributed by atoms with Crippen LogP contribution < -0.4 is 10.2 Å². The van der Waals surface area contributed by atoms with Gasteiger partial charge >= 0.3 is 0 Å². The van der Waals surface area contributed by atoms with Gasteiger partial charge in [0, 0.05) is 25.2 Å². The summed E-state index contributed by atoms with van der Waals surface area (Å²) in [6, 6.07) is 15.2. The molecule has 1 aliphatic heterocycles. The zero-order chi connectivity index (χ0) is 19.2. The number of hydrogen-bond acceptors (Lipinski definition) is 2. The summed E-state index contributed by atoms with van der Waals surface area (Å²) in [6.07, 6.45) is 5.23. The number of hydrogen-bond donors (Lipinski definition) is 1. The lowest BCUT2D eigenvalue weighted by Gasteiger charge is -2.29. The summed E-state index contributed by atoms with van der Waals surface area (Å²) in [4.78, 5) is 14.8. The Morgan fingerprint density at radius 3 is 2.37 bits per heavy atom. The number of nitrogens with one attached hydrogen (secondary N) is 1. The maximum atomic E-state index is 12.3. The van der Waals surface area contributed by atoms with E-state index in [1.807, 2.05) is 0 Å². The van der Waals surface area contributed by atoms with Gasteiger partial charge in [0.15, 0.2) is 0 Å². The molecule has 1 fully saturated rings. The normalized spacial score (nSPS) is 15.4. The number of anilines is 1. The molecule has 1 saturated heterocycles. The van der Waals surface area contributed by atoms with Crippen molar-refractivity contribution in [3.8, 4) is 0 Å². The number of carbonyl (C=O) groups is 1. The molecular formula is C24H32N2O. The molecule has 0 unspecified atom stereocenters. The lowest BCUT2D eigenvalue weighted by Crippen LogP contribution is -2.29. The van der Waals surface area contributed by atoms with E-state index in [9.17, 15) is 4.79 Å². The average Bonchev–Trinajstić information content (AvgIpc) is 2.69. The third-order valence-electron chi connectivity index (χ3n) is 5.70. The van der Waals surface area contributed by atoms with Gasteiger partial charge in [-0.25, -0.2) is 0 Å². The topological polar surface area (TPSA) is 32.3 Å². The van der Waals surface area contributed by atoms with Crippen molar-refractivity contribution in [3.63, 3.8) is 0 Å². The van der Waals surface area contributed by atoms with Crippen LogP contribution in [0, 0.1) is 13.8 Å². The van der Waals surface area contributed by atoms with Crippen molar-refractivity contribution in [2.75, 3.05) is 18.0 Å². The minimum absolute atomic E-state index is 0.0349. The largest absolute Gasteiger partial charge is 0.372 e. The molecule has 144 valence electrons. The van der Waals surface area contributed by atoms with E-state index in [0.717, 1.165) is 25.1 Å². The van der Waals surface area contributed by atoms with Gasteiger partial charge in [0.1, 0.15) is 0 Å². The van der Waals surface area contributed by atoms with E-state index in [-0.39, 0.29) is 11.9 Å². The molecule has 3 heteroatoms. The van der Waals surface area contributed by atoms with E-state index < -0.39 is 0 Å². The van der Waals surface area contributed by atoms with Crippen molar-refractivity contribution in [3.05, 3.63) is 64.7 Å². The molecule has 2 aromatic carbocycles. The van der Waals surface area contributed by atoms with Gasteiger partial charge in [-0.3, -0.25) is 4.79 Å². The summed E-state index contributed by atoms with van der Waals surface area (Å²) >= 11 is 0. The number of piperidine rings is 1. The van der Waals surface area contributed by atoms with Gasteiger partial charge in [-0.1, -0.05) is 30.3 Å². The Morgan fingerprint density at radius 1 is 1.00 bits per heavy atom. The Labute approximate surface area is 163 Å². The van der Waals surface area contributed by atoms with Crippen LogP contribution in [-0.4, -0.2) is 19.0 Å². The van der Waals surface area contributed by atoms with Crippen molar-refractivity contribution < 1.29 is 4.79 Å². The molecule has 1 atom stereocenters. The maximum Gasteiger partial charge on any atom is 0.220 e. The molecule has 0 spiro atoms. The Balaban J connectivity index is 1.50. The molecule has 27 heavy (non-hydrogen) atoms. The second-order valence-electron chi connectivity index (χ2n) is 7.85. The predicted octanol–water partition coefficient (Wildman–Crippen LogP) is 5.10. The minimum Gasteiger partial charge on any atom is -0.372 e. The van der Waals surface area contributed by atoms with Crippen LogP contribution in [0.25, 0.3) is 0 Å². The maximum absolute atomic E-state index is 12.3.